The molecule has 0 amide bonds. The van der Waals surface area contributed by atoms with Crippen LogP contribution in [0.5, 0.6) is 5.88 Å². The summed E-state index contributed by atoms with van der Waals surface area (Å²) < 4.78 is 5.02. The average Bonchev–Trinajstić information content (AvgIpc) is 2.16. The molecule has 5 heteroatoms. The molecule has 0 saturated heterocycles. The topological polar surface area (TPSA) is 67.3 Å². The lowest BCUT2D eigenvalue weighted by Crippen LogP contribution is -2.11. The number of aryl methyl sites for hydroxylation is 1. The first-order chi connectivity index (χ1) is 7.11. The number of anilines is 1. The second-order valence-corrected chi connectivity index (χ2v) is 3.41. The molecule has 0 aromatic carbocycles. The summed E-state index contributed by atoms with van der Waals surface area (Å²) in [6.45, 7) is 4.24. The van der Waals surface area contributed by atoms with Gasteiger partial charge >= 0.3 is 0 Å². The fourth-order valence-corrected chi connectivity index (χ4v) is 1.14. The van der Waals surface area contributed by atoms with Crippen LogP contribution in [0.3, 0.4) is 0 Å². The monoisotopic (exact) mass is 211 g/mol. The van der Waals surface area contributed by atoms with Gasteiger partial charge in [-0.1, -0.05) is 0 Å². The van der Waals surface area contributed by atoms with Crippen molar-refractivity contribution in [3.8, 4) is 5.88 Å². The van der Waals surface area contributed by atoms with E-state index in [0.29, 0.717) is 24.7 Å². The molecule has 1 unspecified atom stereocenters. The molecule has 0 aliphatic carbocycles. The summed E-state index contributed by atoms with van der Waals surface area (Å²) in [6, 6.07) is 1.73. The van der Waals surface area contributed by atoms with Gasteiger partial charge < -0.3 is 15.2 Å². The molecule has 0 bridgehead atoms. The number of aromatic nitrogens is 2. The van der Waals surface area contributed by atoms with Crippen molar-refractivity contribution in [1.29, 1.82) is 0 Å². The maximum absolute atomic E-state index is 9.09. The summed E-state index contributed by atoms with van der Waals surface area (Å²) in [7, 11) is 1.57. The Morgan fingerprint density at radius 1 is 1.53 bits per heavy atom. The molecule has 2 N–H and O–H groups in total. The van der Waals surface area contributed by atoms with Crippen LogP contribution in [-0.2, 0) is 0 Å². The van der Waals surface area contributed by atoms with E-state index in [-0.39, 0.29) is 6.10 Å². The van der Waals surface area contributed by atoms with E-state index in [0.717, 1.165) is 5.82 Å². The quantitative estimate of drug-likeness (QED) is 0.759. The van der Waals surface area contributed by atoms with Gasteiger partial charge in [0.25, 0.3) is 0 Å². The Labute approximate surface area is 89.5 Å². The predicted octanol–water partition coefficient (Wildman–Crippen LogP) is 0.976. The molecule has 0 fully saturated rings. The Hall–Kier alpha value is -1.36. The van der Waals surface area contributed by atoms with Crippen molar-refractivity contribution in [3.05, 3.63) is 11.9 Å². The second kappa shape index (κ2) is 5.50. The average molecular weight is 211 g/mol. The zero-order valence-corrected chi connectivity index (χ0v) is 9.32. The van der Waals surface area contributed by atoms with Gasteiger partial charge in [-0.3, -0.25) is 0 Å². The van der Waals surface area contributed by atoms with Crippen molar-refractivity contribution in [2.75, 3.05) is 19.0 Å². The van der Waals surface area contributed by atoms with Gasteiger partial charge in [-0.15, -0.1) is 0 Å². The van der Waals surface area contributed by atoms with Gasteiger partial charge in [0, 0.05) is 12.6 Å². The summed E-state index contributed by atoms with van der Waals surface area (Å²) in [5.41, 5.74) is 0. The van der Waals surface area contributed by atoms with Crippen LogP contribution in [0.4, 0.5) is 5.82 Å². The van der Waals surface area contributed by atoms with Crippen LogP contribution in [0.15, 0.2) is 6.07 Å². The molecule has 0 spiro atoms. The summed E-state index contributed by atoms with van der Waals surface area (Å²) in [5, 5.41) is 12.2. The normalized spacial score (nSPS) is 12.3. The first-order valence-corrected chi connectivity index (χ1v) is 4.93. The molecule has 15 heavy (non-hydrogen) atoms. The number of hydrogen-bond donors (Lipinski definition) is 2. The maximum atomic E-state index is 9.09. The Morgan fingerprint density at radius 2 is 2.27 bits per heavy atom. The van der Waals surface area contributed by atoms with Crippen molar-refractivity contribution in [3.63, 3.8) is 0 Å². The lowest BCUT2D eigenvalue weighted by molar-refractivity contribution is 0.188. The highest BCUT2D eigenvalue weighted by Gasteiger charge is 2.01. The summed E-state index contributed by atoms with van der Waals surface area (Å²) in [4.78, 5) is 8.27. The molecule has 5 nitrogen and oxygen atoms in total. The third kappa shape index (κ3) is 4.12. The van der Waals surface area contributed by atoms with E-state index in [2.05, 4.69) is 15.3 Å². The van der Waals surface area contributed by atoms with E-state index in [1.165, 1.54) is 0 Å². The van der Waals surface area contributed by atoms with Crippen molar-refractivity contribution < 1.29 is 9.84 Å². The Kier molecular flexibility index (Phi) is 4.30. The van der Waals surface area contributed by atoms with Gasteiger partial charge in [-0.25, -0.2) is 4.98 Å². The van der Waals surface area contributed by atoms with Gasteiger partial charge in [-0.05, 0) is 20.3 Å². The lowest BCUT2D eigenvalue weighted by Gasteiger charge is -2.08. The minimum Gasteiger partial charge on any atom is -0.481 e. The van der Waals surface area contributed by atoms with E-state index >= 15 is 0 Å². The molecule has 0 radical (unpaired) electrons. The van der Waals surface area contributed by atoms with E-state index in [4.69, 9.17) is 9.84 Å². The molecular formula is C10H17N3O2. The van der Waals surface area contributed by atoms with Crippen molar-refractivity contribution >= 4 is 5.82 Å². The number of aliphatic hydroxyl groups is 1. The van der Waals surface area contributed by atoms with E-state index in [9.17, 15) is 0 Å². The Bertz CT molecular complexity index is 316. The van der Waals surface area contributed by atoms with E-state index in [1.807, 2.05) is 6.92 Å². The number of nitrogens with zero attached hydrogens (tertiary/aromatic N) is 2. The molecular weight excluding hydrogens is 194 g/mol. The maximum Gasteiger partial charge on any atom is 0.218 e. The molecule has 1 atom stereocenters. The largest absolute Gasteiger partial charge is 0.481 e. The highest BCUT2D eigenvalue weighted by Crippen LogP contribution is 2.12. The third-order valence-electron chi connectivity index (χ3n) is 1.89. The van der Waals surface area contributed by atoms with Crippen LogP contribution in [-0.4, -0.2) is 34.8 Å². The van der Waals surface area contributed by atoms with Gasteiger partial charge in [0.1, 0.15) is 11.6 Å². The highest BCUT2D eigenvalue weighted by atomic mass is 16.5. The Balaban J connectivity index is 2.56. The van der Waals surface area contributed by atoms with Gasteiger partial charge in [0.15, 0.2) is 0 Å². The number of aliphatic hydroxyl groups excluding tert-OH is 1. The van der Waals surface area contributed by atoms with Crippen molar-refractivity contribution in [2.45, 2.75) is 26.4 Å². The van der Waals surface area contributed by atoms with E-state index < -0.39 is 0 Å². The van der Waals surface area contributed by atoms with Gasteiger partial charge in [0.2, 0.25) is 5.88 Å². The summed E-state index contributed by atoms with van der Waals surface area (Å²) in [6.07, 6.45) is 0.382. The third-order valence-corrected chi connectivity index (χ3v) is 1.89. The molecule has 1 aromatic heterocycles. The fourth-order valence-electron chi connectivity index (χ4n) is 1.14. The first kappa shape index (κ1) is 11.7. The van der Waals surface area contributed by atoms with Crippen LogP contribution < -0.4 is 10.1 Å². The van der Waals surface area contributed by atoms with E-state index in [1.54, 1.807) is 20.1 Å². The van der Waals surface area contributed by atoms with Crippen LogP contribution in [0.2, 0.25) is 0 Å². The van der Waals surface area contributed by atoms with Crippen molar-refractivity contribution in [1.82, 2.24) is 9.97 Å². The zero-order valence-electron chi connectivity index (χ0n) is 9.32. The number of rotatable bonds is 5. The minimum atomic E-state index is -0.303. The number of nitrogens with one attached hydrogen (secondary N) is 1. The summed E-state index contributed by atoms with van der Waals surface area (Å²) in [5.74, 6) is 1.93. The molecule has 0 saturated carbocycles. The number of methoxy groups -OCH3 is 1. The minimum absolute atomic E-state index is 0.303. The molecule has 0 aliphatic rings. The summed E-state index contributed by atoms with van der Waals surface area (Å²) >= 11 is 0. The van der Waals surface area contributed by atoms with Gasteiger partial charge in [-0.2, -0.15) is 4.98 Å². The molecule has 1 rings (SSSR count). The zero-order chi connectivity index (χ0) is 11.3. The Morgan fingerprint density at radius 3 is 2.87 bits per heavy atom. The van der Waals surface area contributed by atoms with Crippen LogP contribution >= 0.6 is 0 Å². The van der Waals surface area contributed by atoms with Crippen LogP contribution in [0, 0.1) is 6.92 Å². The van der Waals surface area contributed by atoms with Crippen LogP contribution in [0.25, 0.3) is 0 Å². The first-order valence-electron chi connectivity index (χ1n) is 4.93. The predicted molar refractivity (Wildman–Crippen MR) is 58.1 cm³/mol. The SMILES string of the molecule is COc1cc(NCCC(C)O)nc(C)n1. The lowest BCUT2D eigenvalue weighted by atomic mass is 10.3. The molecule has 84 valence electrons. The van der Waals surface area contributed by atoms with Crippen molar-refractivity contribution in [2.24, 2.45) is 0 Å². The highest BCUT2D eigenvalue weighted by molar-refractivity contribution is 5.38. The number of hydrogen-bond acceptors (Lipinski definition) is 5. The number of ether oxygens (including phenoxy) is 1. The van der Waals surface area contributed by atoms with Gasteiger partial charge in [0.05, 0.1) is 13.2 Å². The fraction of sp³-hybridized carbons (Fsp3) is 0.600. The van der Waals surface area contributed by atoms with Crippen LogP contribution in [0.1, 0.15) is 19.2 Å². The molecule has 0 aliphatic heterocycles. The second-order valence-electron chi connectivity index (χ2n) is 3.41. The smallest absolute Gasteiger partial charge is 0.218 e. The molecule has 1 aromatic rings. The standard InChI is InChI=1S/C10H17N3O2/c1-7(14)4-5-11-9-6-10(15-3)13-8(2)12-9/h6-7,14H,4-5H2,1-3H3,(H,11,12,13). The molecule has 1 heterocycles.